The highest BCUT2D eigenvalue weighted by molar-refractivity contribution is 7.25. The third-order valence-electron chi connectivity index (χ3n) is 27.3. The number of hydrogen-bond acceptors (Lipinski definition) is 8. The minimum Gasteiger partial charge on any atom is -0.456 e. The molecule has 7 nitrogen and oxygen atoms in total. The molecule has 0 unspecified atom stereocenters. The summed E-state index contributed by atoms with van der Waals surface area (Å²) >= 11 is 1.85. The quantitative estimate of drug-likeness (QED) is 0.101. The first kappa shape index (κ1) is 81.4. The normalized spacial score (nSPS) is 12.1. The molecule has 0 fully saturated rings. The van der Waals surface area contributed by atoms with E-state index in [1.165, 1.54) is 86.9 Å². The van der Waals surface area contributed by atoms with Crippen molar-refractivity contribution in [3.05, 3.63) is 503 Å². The molecule has 0 amide bonds. The molecule has 137 heavy (non-hydrogen) atoms. The fourth-order valence-corrected chi connectivity index (χ4v) is 21.7. The van der Waals surface area contributed by atoms with Gasteiger partial charge >= 0.3 is 0 Å². The summed E-state index contributed by atoms with van der Waals surface area (Å²) in [5, 5.41) is 11.7. The van der Waals surface area contributed by atoms with E-state index in [1.54, 1.807) is 0 Å². The minimum atomic E-state index is -0.0827. The van der Waals surface area contributed by atoms with Crippen LogP contribution < -0.4 is 14.7 Å². The molecule has 0 spiro atoms. The van der Waals surface area contributed by atoms with Crippen molar-refractivity contribution in [1.29, 1.82) is 0 Å². The van der Waals surface area contributed by atoms with Crippen LogP contribution >= 0.6 is 11.3 Å². The Morgan fingerprint density at radius 3 is 0.861 bits per heavy atom. The molecule has 26 aromatic rings. The average Bonchev–Trinajstić information content (AvgIpc) is 1.57. The first-order valence-corrected chi connectivity index (χ1v) is 47.4. The van der Waals surface area contributed by atoms with E-state index < -0.39 is 0 Å². The van der Waals surface area contributed by atoms with E-state index in [-0.39, 0.29) is 5.41 Å². The predicted octanol–water partition coefficient (Wildman–Crippen LogP) is 37.7. The summed E-state index contributed by atoms with van der Waals surface area (Å²) in [6.45, 7) is 4.69. The van der Waals surface area contributed by atoms with Crippen molar-refractivity contribution in [3.63, 3.8) is 0 Å². The molecular formula is C129H87N3O4S. The number of anilines is 9. The Morgan fingerprint density at radius 1 is 0.168 bits per heavy atom. The Morgan fingerprint density at radius 2 is 0.438 bits per heavy atom. The zero-order chi connectivity index (χ0) is 91.0. The van der Waals surface area contributed by atoms with Crippen molar-refractivity contribution < 1.29 is 17.7 Å². The maximum absolute atomic E-state index is 6.30. The maximum atomic E-state index is 6.30. The van der Waals surface area contributed by atoms with Gasteiger partial charge in [-0.25, -0.2) is 0 Å². The van der Waals surface area contributed by atoms with E-state index in [9.17, 15) is 0 Å². The van der Waals surface area contributed by atoms with Crippen LogP contribution in [-0.2, 0) is 5.41 Å². The number of benzene rings is 21. The van der Waals surface area contributed by atoms with Crippen LogP contribution in [-0.4, -0.2) is 0 Å². The van der Waals surface area contributed by atoms with Crippen LogP contribution in [0.3, 0.4) is 0 Å². The molecule has 0 bridgehead atoms. The van der Waals surface area contributed by atoms with Gasteiger partial charge in [-0.05, 0) is 247 Å². The number of rotatable bonds is 15. The Labute approximate surface area is 796 Å². The highest BCUT2D eigenvalue weighted by atomic mass is 32.1. The molecule has 1 aliphatic rings. The molecule has 648 valence electrons. The van der Waals surface area contributed by atoms with Crippen LogP contribution in [0.15, 0.2) is 509 Å². The van der Waals surface area contributed by atoms with E-state index in [1.807, 2.05) is 72.0 Å². The number of nitrogens with zero attached hydrogens (tertiary/aromatic N) is 3. The molecule has 0 atom stereocenters. The fourth-order valence-electron chi connectivity index (χ4n) is 20.6. The Hall–Kier alpha value is -17.6. The molecular weight excluding hydrogens is 1690 g/mol. The van der Waals surface area contributed by atoms with E-state index in [4.69, 9.17) is 17.7 Å². The molecule has 5 heterocycles. The lowest BCUT2D eigenvalue weighted by Crippen LogP contribution is -2.16. The highest BCUT2D eigenvalue weighted by Gasteiger charge is 2.36. The van der Waals surface area contributed by atoms with Gasteiger partial charge < -0.3 is 32.4 Å². The number of hydrogen-bond donors (Lipinski definition) is 0. The summed E-state index contributed by atoms with van der Waals surface area (Å²) in [5.41, 5.74) is 36.6. The number of furan rings is 4. The minimum absolute atomic E-state index is 0.0827. The molecule has 27 rings (SSSR count). The van der Waals surface area contributed by atoms with Crippen molar-refractivity contribution in [2.75, 3.05) is 14.7 Å². The van der Waals surface area contributed by atoms with E-state index in [0.29, 0.717) is 0 Å². The lowest BCUT2D eigenvalue weighted by molar-refractivity contribution is 0.660. The summed E-state index contributed by atoms with van der Waals surface area (Å²) in [6, 6.07) is 175. The smallest absolute Gasteiger partial charge is 0.137 e. The molecule has 0 N–H and O–H groups in total. The molecule has 5 aromatic heterocycles. The van der Waals surface area contributed by atoms with Crippen molar-refractivity contribution in [2.45, 2.75) is 19.3 Å². The van der Waals surface area contributed by atoms with Gasteiger partial charge in [-0.2, -0.15) is 0 Å². The first-order chi connectivity index (χ1) is 67.7. The lowest BCUT2D eigenvalue weighted by Gasteiger charge is -2.28. The van der Waals surface area contributed by atoms with E-state index in [0.717, 1.165) is 161 Å². The average molecular weight is 1780 g/mol. The summed E-state index contributed by atoms with van der Waals surface area (Å²) in [4.78, 5) is 7.03. The molecule has 1 aliphatic carbocycles. The van der Waals surface area contributed by atoms with Gasteiger partial charge in [-0.3, -0.25) is 0 Å². The van der Waals surface area contributed by atoms with Gasteiger partial charge in [0, 0.05) is 126 Å². The van der Waals surface area contributed by atoms with Gasteiger partial charge in [0.1, 0.15) is 44.7 Å². The maximum Gasteiger partial charge on any atom is 0.137 e. The third kappa shape index (κ3) is 14.8. The van der Waals surface area contributed by atoms with E-state index in [2.05, 4.69) is 459 Å². The van der Waals surface area contributed by atoms with Gasteiger partial charge in [0.25, 0.3) is 0 Å². The largest absolute Gasteiger partial charge is 0.456 e. The first-order valence-electron chi connectivity index (χ1n) is 46.6. The highest BCUT2D eigenvalue weighted by Crippen LogP contribution is 2.53. The Balaban J connectivity index is 0.000000109. The van der Waals surface area contributed by atoms with Gasteiger partial charge in [0.2, 0.25) is 0 Å². The summed E-state index contributed by atoms with van der Waals surface area (Å²) < 4.78 is 27.5. The zero-order valence-electron chi connectivity index (χ0n) is 75.1. The topological polar surface area (TPSA) is 62.3 Å². The van der Waals surface area contributed by atoms with Crippen molar-refractivity contribution in [2.24, 2.45) is 0 Å². The molecule has 0 saturated carbocycles. The Bertz CT molecular complexity index is 8670. The number of para-hydroxylation sites is 4. The summed E-state index contributed by atoms with van der Waals surface area (Å²) in [5.74, 6) is 0. The van der Waals surface area contributed by atoms with Crippen LogP contribution in [0.1, 0.15) is 25.0 Å². The summed E-state index contributed by atoms with van der Waals surface area (Å²) in [7, 11) is 0. The lowest BCUT2D eigenvalue weighted by atomic mass is 9.82. The van der Waals surface area contributed by atoms with Crippen molar-refractivity contribution in [1.82, 2.24) is 0 Å². The second-order valence-corrected chi connectivity index (χ2v) is 36.8. The fraction of sp³-hybridized carbons (Fsp3) is 0.0233. The van der Waals surface area contributed by atoms with Gasteiger partial charge in [-0.15, -0.1) is 11.3 Å². The molecule has 0 aliphatic heterocycles. The van der Waals surface area contributed by atoms with Gasteiger partial charge in [0.05, 0.1) is 0 Å². The van der Waals surface area contributed by atoms with Gasteiger partial charge in [-0.1, -0.05) is 341 Å². The standard InChI is InChI=1S/C45H33NO.C42H27NO2.C42H27NOS/c1-45(2)40-16-8-6-13-37(40)38-28-27-35(29-41(38)45)46(33-23-19-31(20-24-33)30-11-4-3-5-12-30)34-25-21-32(22-26-34)36-15-10-18-43-44(36)39-14-7-9-17-42(39)47-43;1-2-9-28(10-3-1)29-17-21-31(22-18-29)43(33-25-26-36-35-11-4-6-14-38(35)45-41(36)27-33)32-23-19-30(20-24-32)34-13-8-16-40-42(34)37-12-5-7-15-39(37)44-40;1-2-9-28(10-3-1)29-17-21-31(22-18-29)43(33-25-26-36-35-11-5-7-16-40(35)45-41(36)27-33)32-23-19-30(20-24-32)34-13-8-15-39-42(34)37-12-4-6-14-38(37)44-39/h3-29H,1-2H3;2*1-27H. The predicted molar refractivity (Wildman–Crippen MR) is 576 cm³/mol. The zero-order valence-corrected chi connectivity index (χ0v) is 76.0. The van der Waals surface area contributed by atoms with Crippen molar-refractivity contribution >= 4 is 170 Å². The molecule has 0 radical (unpaired) electrons. The van der Waals surface area contributed by atoms with E-state index >= 15 is 0 Å². The summed E-state index contributed by atoms with van der Waals surface area (Å²) in [6.07, 6.45) is 0. The van der Waals surface area contributed by atoms with Gasteiger partial charge in [0.15, 0.2) is 0 Å². The number of fused-ring (bicyclic) bond motifs is 18. The van der Waals surface area contributed by atoms with Crippen molar-refractivity contribution in [3.8, 4) is 77.9 Å². The number of thiophene rings is 1. The molecule has 8 heteroatoms. The second kappa shape index (κ2) is 34.2. The van der Waals surface area contributed by atoms with Crippen LogP contribution in [0, 0.1) is 0 Å². The van der Waals surface area contributed by atoms with Crippen LogP contribution in [0.25, 0.3) is 186 Å². The third-order valence-corrected chi connectivity index (χ3v) is 28.4. The van der Waals surface area contributed by atoms with Crippen LogP contribution in [0.2, 0.25) is 0 Å². The molecule has 21 aromatic carbocycles. The second-order valence-electron chi connectivity index (χ2n) is 35.7. The monoisotopic (exact) mass is 1770 g/mol. The van der Waals surface area contributed by atoms with Crippen LogP contribution in [0.4, 0.5) is 51.2 Å². The SMILES string of the molecule is CC1(C)c2ccccc2-c2ccc(N(c3ccc(-c4ccccc4)cc3)c3ccc(-c4cccc5oc6ccccc6c45)cc3)cc21.c1ccc(-c2ccc(N(c3ccc(-c4cccc5oc6ccccc6c45)cc3)c3ccc4c(c3)oc3ccccc34)cc2)cc1.c1ccc(-c2ccc(N(c3ccc(-c4cccc5oc6ccccc6c45)cc3)c3ccc4c(c3)sc3ccccc34)cc2)cc1. The molecule has 0 saturated heterocycles. The van der Waals surface area contributed by atoms with Crippen LogP contribution in [0.5, 0.6) is 0 Å². The Kier molecular flexibility index (Phi) is 20.3.